The molecule has 0 bridgehead atoms. The first-order valence-electron chi connectivity index (χ1n) is 7.81. The van der Waals surface area contributed by atoms with Gasteiger partial charge in [-0.15, -0.1) is 5.10 Å². The fourth-order valence-electron chi connectivity index (χ4n) is 3.25. The van der Waals surface area contributed by atoms with E-state index in [1.807, 2.05) is 23.9 Å². The van der Waals surface area contributed by atoms with E-state index in [-0.39, 0.29) is 0 Å². The minimum Gasteiger partial charge on any atom is -0.494 e. The van der Waals surface area contributed by atoms with Crippen LogP contribution in [0, 0.1) is 18.3 Å². The summed E-state index contributed by atoms with van der Waals surface area (Å²) in [6.45, 7) is 3.94. The Hall–Kier alpha value is -2.92. The molecule has 3 aromatic rings. The van der Waals surface area contributed by atoms with E-state index in [1.54, 1.807) is 11.6 Å². The van der Waals surface area contributed by atoms with E-state index in [1.165, 1.54) is 6.20 Å². The first kappa shape index (κ1) is 14.7. The number of fused-ring (bicyclic) bond motifs is 1. The van der Waals surface area contributed by atoms with Crippen LogP contribution >= 0.6 is 0 Å². The van der Waals surface area contributed by atoms with Crippen LogP contribution in [0.3, 0.4) is 0 Å². The van der Waals surface area contributed by atoms with Crippen molar-refractivity contribution >= 4 is 5.52 Å². The van der Waals surface area contributed by atoms with Gasteiger partial charge in [0.15, 0.2) is 0 Å². The number of hydrogen-bond donors (Lipinski definition) is 1. The molecule has 3 aromatic heterocycles. The second-order valence-corrected chi connectivity index (χ2v) is 5.88. The Kier molecular flexibility index (Phi) is 3.43. The molecule has 4 heterocycles. The van der Waals surface area contributed by atoms with Gasteiger partial charge in [0.25, 0.3) is 0 Å². The zero-order valence-corrected chi connectivity index (χ0v) is 13.5. The maximum Gasteiger partial charge on any atom is 0.146 e. The number of pyridine rings is 1. The van der Waals surface area contributed by atoms with Crippen molar-refractivity contribution in [2.45, 2.75) is 19.4 Å². The molecule has 0 spiro atoms. The third kappa shape index (κ3) is 2.13. The summed E-state index contributed by atoms with van der Waals surface area (Å²) in [5.74, 6) is 0.595. The summed E-state index contributed by atoms with van der Waals surface area (Å²) < 4.78 is 9.10. The fraction of sp³-hybridized carbons (Fsp3) is 0.375. The fourth-order valence-corrected chi connectivity index (χ4v) is 3.25. The lowest BCUT2D eigenvalue weighted by Gasteiger charge is -2.11. The van der Waals surface area contributed by atoms with Crippen molar-refractivity contribution in [1.82, 2.24) is 29.9 Å². The van der Waals surface area contributed by atoms with Gasteiger partial charge in [0.05, 0.1) is 25.0 Å². The molecule has 0 unspecified atom stereocenters. The second-order valence-electron chi connectivity index (χ2n) is 5.88. The number of methoxy groups -OCH3 is 1. The van der Waals surface area contributed by atoms with Crippen LogP contribution in [0.1, 0.15) is 23.7 Å². The van der Waals surface area contributed by atoms with Gasteiger partial charge in [-0.1, -0.05) is 5.21 Å². The third-order valence-corrected chi connectivity index (χ3v) is 4.50. The Morgan fingerprint density at radius 2 is 2.33 bits per heavy atom. The number of aromatic nitrogens is 5. The molecule has 1 aliphatic heterocycles. The highest BCUT2D eigenvalue weighted by atomic mass is 16.5. The van der Waals surface area contributed by atoms with Gasteiger partial charge < -0.3 is 10.1 Å². The summed E-state index contributed by atoms with van der Waals surface area (Å²) >= 11 is 0. The average molecular weight is 323 g/mol. The van der Waals surface area contributed by atoms with Crippen molar-refractivity contribution in [3.63, 3.8) is 0 Å². The number of nitriles is 1. The maximum absolute atomic E-state index is 9.21. The zero-order chi connectivity index (χ0) is 16.7. The van der Waals surface area contributed by atoms with Crippen LogP contribution in [0.2, 0.25) is 0 Å². The Morgan fingerprint density at radius 3 is 3.04 bits per heavy atom. The van der Waals surface area contributed by atoms with E-state index in [9.17, 15) is 5.26 Å². The molecule has 1 aliphatic rings. The predicted octanol–water partition coefficient (Wildman–Crippen LogP) is 1.32. The third-order valence-electron chi connectivity index (χ3n) is 4.50. The molecule has 0 radical (unpaired) electrons. The standard InChI is InChI=1S/C16H17N7O/c1-10-15(20-21-23(10)13-3-4-18-8-13)11-5-14(24-2)16-12(6-17)7-19-22(16)9-11/h5,7,9,13,18H,3-4,8H2,1-2H3/t13-/m0/s1. The molecule has 0 aromatic carbocycles. The van der Waals surface area contributed by atoms with Crippen LogP contribution in [0.15, 0.2) is 18.5 Å². The van der Waals surface area contributed by atoms with Crippen LogP contribution in [0.5, 0.6) is 5.75 Å². The number of rotatable bonds is 3. The van der Waals surface area contributed by atoms with Gasteiger partial charge in [0, 0.05) is 18.3 Å². The van der Waals surface area contributed by atoms with E-state index < -0.39 is 0 Å². The summed E-state index contributed by atoms with van der Waals surface area (Å²) in [5, 5.41) is 25.5. The van der Waals surface area contributed by atoms with Crippen molar-refractivity contribution < 1.29 is 4.74 Å². The molecule has 1 atom stereocenters. The molecule has 0 amide bonds. The van der Waals surface area contributed by atoms with E-state index in [0.29, 0.717) is 22.9 Å². The first-order valence-corrected chi connectivity index (χ1v) is 7.81. The van der Waals surface area contributed by atoms with Crippen molar-refractivity contribution in [1.29, 1.82) is 5.26 Å². The highest BCUT2D eigenvalue weighted by molar-refractivity contribution is 5.74. The lowest BCUT2D eigenvalue weighted by atomic mass is 10.1. The maximum atomic E-state index is 9.21. The highest BCUT2D eigenvalue weighted by Crippen LogP contribution is 2.31. The molecule has 24 heavy (non-hydrogen) atoms. The molecule has 1 saturated heterocycles. The van der Waals surface area contributed by atoms with Crippen molar-refractivity contribution in [3.05, 3.63) is 29.7 Å². The summed E-state index contributed by atoms with van der Waals surface area (Å²) in [6.07, 6.45) is 4.44. The largest absolute Gasteiger partial charge is 0.494 e. The summed E-state index contributed by atoms with van der Waals surface area (Å²) in [7, 11) is 1.58. The number of nitrogens with zero attached hydrogens (tertiary/aromatic N) is 6. The van der Waals surface area contributed by atoms with Gasteiger partial charge in [0.2, 0.25) is 0 Å². The molecule has 122 valence electrons. The second kappa shape index (κ2) is 5.62. The van der Waals surface area contributed by atoms with Gasteiger partial charge in [-0.05, 0) is 26.0 Å². The van der Waals surface area contributed by atoms with Gasteiger partial charge in [-0.25, -0.2) is 9.20 Å². The molecular weight excluding hydrogens is 306 g/mol. The lowest BCUT2D eigenvalue weighted by molar-refractivity contribution is 0.417. The Labute approximate surface area is 138 Å². The van der Waals surface area contributed by atoms with E-state index >= 15 is 0 Å². The Morgan fingerprint density at radius 1 is 1.46 bits per heavy atom. The summed E-state index contributed by atoms with van der Waals surface area (Å²) in [5.41, 5.74) is 3.82. The van der Waals surface area contributed by atoms with Crippen LogP contribution in [0.25, 0.3) is 16.8 Å². The molecule has 1 N–H and O–H groups in total. The number of hydrogen-bond acceptors (Lipinski definition) is 6. The predicted molar refractivity (Wildman–Crippen MR) is 86.7 cm³/mol. The van der Waals surface area contributed by atoms with Crippen LogP contribution in [-0.4, -0.2) is 44.8 Å². The molecule has 0 aliphatic carbocycles. The van der Waals surface area contributed by atoms with Crippen LogP contribution < -0.4 is 10.1 Å². The van der Waals surface area contributed by atoms with Crippen molar-refractivity contribution in [2.24, 2.45) is 0 Å². The normalized spacial score (nSPS) is 17.3. The van der Waals surface area contributed by atoms with Gasteiger partial charge >= 0.3 is 0 Å². The monoisotopic (exact) mass is 323 g/mol. The molecule has 0 saturated carbocycles. The molecule has 8 nitrogen and oxygen atoms in total. The molecule has 1 fully saturated rings. The zero-order valence-electron chi connectivity index (χ0n) is 13.5. The summed E-state index contributed by atoms with van der Waals surface area (Å²) in [6, 6.07) is 4.35. The van der Waals surface area contributed by atoms with Crippen molar-refractivity contribution in [3.8, 4) is 23.1 Å². The average Bonchev–Trinajstić information content (AvgIpc) is 3.32. The SMILES string of the molecule is COc1cc(-c2nnn([C@H]3CCNC3)c2C)cn2ncc(C#N)c12. The van der Waals surface area contributed by atoms with Gasteiger partial charge in [-0.2, -0.15) is 10.4 Å². The highest BCUT2D eigenvalue weighted by Gasteiger charge is 2.22. The number of ether oxygens (including phenoxy) is 1. The molecule has 4 rings (SSSR count). The Bertz CT molecular complexity index is 943. The van der Waals surface area contributed by atoms with Crippen LogP contribution in [-0.2, 0) is 0 Å². The molecule has 8 heteroatoms. The molecular formula is C16H17N7O. The van der Waals surface area contributed by atoms with Crippen molar-refractivity contribution in [2.75, 3.05) is 20.2 Å². The minimum absolute atomic E-state index is 0.340. The first-order chi connectivity index (χ1) is 11.7. The van der Waals surface area contributed by atoms with E-state index in [4.69, 9.17) is 4.74 Å². The smallest absolute Gasteiger partial charge is 0.146 e. The van der Waals surface area contributed by atoms with Gasteiger partial charge in [0.1, 0.15) is 28.6 Å². The topological polar surface area (TPSA) is 93.1 Å². The van der Waals surface area contributed by atoms with Gasteiger partial charge in [-0.3, -0.25) is 0 Å². The minimum atomic E-state index is 0.340. The summed E-state index contributed by atoms with van der Waals surface area (Å²) in [4.78, 5) is 0. The Balaban J connectivity index is 1.84. The quantitative estimate of drug-likeness (QED) is 0.781. The van der Waals surface area contributed by atoms with Crippen LogP contribution in [0.4, 0.5) is 0 Å². The number of nitrogens with one attached hydrogen (secondary N) is 1. The lowest BCUT2D eigenvalue weighted by Crippen LogP contribution is -2.15. The van der Waals surface area contributed by atoms with E-state index in [0.717, 1.165) is 36.5 Å². The van der Waals surface area contributed by atoms with E-state index in [2.05, 4.69) is 26.8 Å².